The van der Waals surface area contributed by atoms with Crippen molar-refractivity contribution in [3.63, 3.8) is 0 Å². The van der Waals surface area contributed by atoms with E-state index < -0.39 is 30.1 Å². The molecular formula is C25H39N3O7S. The summed E-state index contributed by atoms with van der Waals surface area (Å²) < 4.78 is 9.93. The first-order valence-electron chi connectivity index (χ1n) is 11.3. The van der Waals surface area contributed by atoms with Crippen molar-refractivity contribution >= 4 is 41.3 Å². The molecule has 1 aromatic rings. The molecule has 0 radical (unpaired) electrons. The number of carbonyl (C=O) groups excluding carboxylic acids is 5. The molecule has 0 saturated carbocycles. The first kappa shape index (κ1) is 33.1. The lowest BCUT2D eigenvalue weighted by atomic mass is 10.2. The van der Waals surface area contributed by atoms with E-state index in [4.69, 9.17) is 10.5 Å². The maximum Gasteiger partial charge on any atom is 0.411 e. The second-order valence-corrected chi connectivity index (χ2v) is 9.93. The first-order valence-corrected chi connectivity index (χ1v) is 12.7. The van der Waals surface area contributed by atoms with Gasteiger partial charge in [0.2, 0.25) is 5.91 Å². The van der Waals surface area contributed by atoms with Crippen LogP contribution in [-0.4, -0.2) is 89.7 Å². The van der Waals surface area contributed by atoms with Crippen LogP contribution in [0.5, 0.6) is 0 Å². The predicted octanol–water partition coefficient (Wildman–Crippen LogP) is 2.28. The van der Waals surface area contributed by atoms with Crippen LogP contribution in [0.25, 0.3) is 0 Å². The number of amides is 2. The third kappa shape index (κ3) is 15.2. The summed E-state index contributed by atoms with van der Waals surface area (Å²) >= 11 is 1.59. The van der Waals surface area contributed by atoms with Gasteiger partial charge in [-0.3, -0.25) is 24.1 Å². The van der Waals surface area contributed by atoms with Crippen LogP contribution in [0.3, 0.4) is 0 Å². The van der Waals surface area contributed by atoms with E-state index in [-0.39, 0.29) is 37.2 Å². The van der Waals surface area contributed by atoms with E-state index in [0.29, 0.717) is 0 Å². The lowest BCUT2D eigenvalue weighted by Crippen LogP contribution is -2.47. The van der Waals surface area contributed by atoms with Crippen LogP contribution in [0.4, 0.5) is 4.79 Å². The zero-order chi connectivity index (χ0) is 27.9. The van der Waals surface area contributed by atoms with Gasteiger partial charge in [-0.15, -0.1) is 0 Å². The van der Waals surface area contributed by atoms with Crippen LogP contribution in [0, 0.1) is 0 Å². The van der Waals surface area contributed by atoms with Gasteiger partial charge < -0.3 is 20.1 Å². The highest BCUT2D eigenvalue weighted by Crippen LogP contribution is 2.11. The molecule has 0 aliphatic rings. The normalized spacial score (nSPS) is 11.3. The lowest BCUT2D eigenvalue weighted by molar-refractivity contribution is -0.147. The number of nitrogens with two attached hydrogens (primary N) is 1. The fraction of sp³-hybridized carbons (Fsp3) is 0.560. The van der Waals surface area contributed by atoms with Crippen molar-refractivity contribution in [1.29, 1.82) is 0 Å². The summed E-state index contributed by atoms with van der Waals surface area (Å²) in [5.41, 5.74) is 5.40. The average Bonchev–Trinajstić information content (AvgIpc) is 2.77. The number of benzene rings is 1. The Bertz CT molecular complexity index is 872. The van der Waals surface area contributed by atoms with Gasteiger partial charge >= 0.3 is 12.1 Å². The molecule has 0 aliphatic carbocycles. The summed E-state index contributed by atoms with van der Waals surface area (Å²) in [6.45, 7) is 7.14. The molecule has 0 fully saturated rings. The van der Waals surface area contributed by atoms with E-state index in [9.17, 15) is 24.0 Å². The Kier molecular flexibility index (Phi) is 15.3. The van der Waals surface area contributed by atoms with E-state index >= 15 is 0 Å². The zero-order valence-corrected chi connectivity index (χ0v) is 23.1. The van der Waals surface area contributed by atoms with Gasteiger partial charge in [-0.2, -0.15) is 11.8 Å². The number of ketones is 2. The largest absolute Gasteiger partial charge is 0.468 e. The number of Topliss-reactive ketones (excluding diaryl/α,β-unsaturated/α-hetero) is 2. The fourth-order valence-corrected chi connectivity index (χ4v) is 3.19. The van der Waals surface area contributed by atoms with E-state index in [1.54, 1.807) is 32.5 Å². The molecular weight excluding hydrogens is 486 g/mol. The second-order valence-electron chi connectivity index (χ2n) is 9.02. The van der Waals surface area contributed by atoms with Crippen LogP contribution in [-0.2, 0) is 35.2 Å². The van der Waals surface area contributed by atoms with Crippen LogP contribution in [0.15, 0.2) is 30.3 Å². The van der Waals surface area contributed by atoms with E-state index in [1.807, 2.05) is 36.6 Å². The van der Waals surface area contributed by atoms with Crippen molar-refractivity contribution in [2.75, 3.05) is 38.8 Å². The Morgan fingerprint density at radius 1 is 0.972 bits per heavy atom. The SMILES string of the molecule is COC(=O)CN(Cc1ccccc1)C(=O)CN(CC(C)=O)C(=O)OC(C)(C)C.CSCC(N)C(C)=O. The van der Waals surface area contributed by atoms with Gasteiger partial charge in [0.15, 0.2) is 0 Å². The summed E-state index contributed by atoms with van der Waals surface area (Å²) in [4.78, 5) is 61.2. The monoisotopic (exact) mass is 525 g/mol. The molecule has 0 aliphatic heterocycles. The first-order chi connectivity index (χ1) is 16.7. The Balaban J connectivity index is 0.00000131. The molecule has 0 aromatic heterocycles. The van der Waals surface area contributed by atoms with Gasteiger partial charge in [0.05, 0.1) is 19.7 Å². The lowest BCUT2D eigenvalue weighted by Gasteiger charge is -2.29. The molecule has 0 saturated heterocycles. The molecule has 0 spiro atoms. The van der Waals surface area contributed by atoms with E-state index in [2.05, 4.69) is 4.74 Å². The van der Waals surface area contributed by atoms with Crippen molar-refractivity contribution < 1.29 is 33.4 Å². The number of nitrogens with zero attached hydrogens (tertiary/aromatic N) is 2. The molecule has 1 aromatic carbocycles. The maximum atomic E-state index is 12.8. The minimum absolute atomic E-state index is 0.0688. The smallest absolute Gasteiger partial charge is 0.411 e. The van der Waals surface area contributed by atoms with Crippen molar-refractivity contribution in [3.8, 4) is 0 Å². The summed E-state index contributed by atoms with van der Waals surface area (Å²) in [6, 6.07) is 8.85. The predicted molar refractivity (Wildman–Crippen MR) is 139 cm³/mol. The third-order valence-electron chi connectivity index (χ3n) is 4.38. The summed E-state index contributed by atoms with van der Waals surface area (Å²) in [5, 5.41) is 0. The van der Waals surface area contributed by atoms with Gasteiger partial charge in [0.1, 0.15) is 30.3 Å². The van der Waals surface area contributed by atoms with E-state index in [1.165, 1.54) is 25.9 Å². The highest BCUT2D eigenvalue weighted by Gasteiger charge is 2.27. The van der Waals surface area contributed by atoms with Crippen molar-refractivity contribution in [2.45, 2.75) is 52.8 Å². The highest BCUT2D eigenvalue weighted by atomic mass is 32.2. The molecule has 202 valence electrons. The van der Waals surface area contributed by atoms with Crippen LogP contribution >= 0.6 is 11.8 Å². The minimum atomic E-state index is -0.773. The van der Waals surface area contributed by atoms with Gasteiger partial charge in [0.25, 0.3) is 0 Å². The van der Waals surface area contributed by atoms with Crippen molar-refractivity contribution in [3.05, 3.63) is 35.9 Å². The quantitative estimate of drug-likeness (QED) is 0.431. The number of ether oxygens (including phenoxy) is 2. The molecule has 1 rings (SSSR count). The minimum Gasteiger partial charge on any atom is -0.468 e. The maximum absolute atomic E-state index is 12.8. The topological polar surface area (TPSA) is 136 Å². The Morgan fingerprint density at radius 2 is 1.56 bits per heavy atom. The van der Waals surface area contributed by atoms with Gasteiger partial charge in [-0.1, -0.05) is 30.3 Å². The van der Waals surface area contributed by atoms with Gasteiger partial charge in [-0.25, -0.2) is 4.79 Å². The molecule has 11 heteroatoms. The molecule has 1 unspecified atom stereocenters. The number of thioether (sulfide) groups is 1. The molecule has 2 amide bonds. The van der Waals surface area contributed by atoms with Crippen molar-refractivity contribution in [1.82, 2.24) is 9.80 Å². The fourth-order valence-electron chi connectivity index (χ4n) is 2.60. The van der Waals surface area contributed by atoms with Gasteiger partial charge in [-0.05, 0) is 46.4 Å². The molecule has 1 atom stereocenters. The summed E-state index contributed by atoms with van der Waals surface area (Å²) in [7, 11) is 1.23. The Hall–Kier alpha value is -2.92. The zero-order valence-electron chi connectivity index (χ0n) is 22.2. The molecule has 10 nitrogen and oxygen atoms in total. The number of rotatable bonds is 11. The second kappa shape index (κ2) is 16.7. The van der Waals surface area contributed by atoms with E-state index in [0.717, 1.165) is 16.2 Å². The van der Waals surface area contributed by atoms with Crippen LogP contribution in [0.2, 0.25) is 0 Å². The number of hydrogen-bond acceptors (Lipinski definition) is 9. The Labute approximate surface area is 217 Å². The van der Waals surface area contributed by atoms with Crippen LogP contribution < -0.4 is 5.73 Å². The average molecular weight is 526 g/mol. The highest BCUT2D eigenvalue weighted by molar-refractivity contribution is 7.98. The molecule has 0 heterocycles. The van der Waals surface area contributed by atoms with Crippen LogP contribution in [0.1, 0.15) is 40.2 Å². The van der Waals surface area contributed by atoms with Crippen molar-refractivity contribution in [2.24, 2.45) is 5.73 Å². The molecule has 0 bridgehead atoms. The summed E-state index contributed by atoms with van der Waals surface area (Å²) in [5.74, 6) is -0.573. The van der Waals surface area contributed by atoms with Gasteiger partial charge in [0, 0.05) is 12.3 Å². The standard InChI is InChI=1S/C20H28N2O6.C5H11NOS/c1-15(23)11-22(19(26)28-20(2,3)4)13-17(24)21(14-18(25)27-5)12-16-9-7-6-8-10-16;1-4(7)5(6)3-8-2/h6-10H,11-14H2,1-5H3;5H,3,6H2,1-2H3. The Morgan fingerprint density at radius 3 is 1.97 bits per heavy atom. The summed E-state index contributed by atoms with van der Waals surface area (Å²) in [6.07, 6.45) is 1.16. The number of carbonyl (C=O) groups is 5. The third-order valence-corrected chi connectivity index (χ3v) is 5.07. The molecule has 36 heavy (non-hydrogen) atoms. The number of hydrogen-bond donors (Lipinski definition) is 1. The number of methoxy groups -OCH3 is 1. The number of esters is 1. The molecule has 2 N–H and O–H groups in total.